The van der Waals surface area contributed by atoms with Crippen molar-refractivity contribution in [2.24, 2.45) is 16.5 Å². The van der Waals surface area contributed by atoms with Gasteiger partial charge in [-0.1, -0.05) is 53.7 Å². The highest BCUT2D eigenvalue weighted by Gasteiger charge is 2.37. The molecule has 0 spiro atoms. The van der Waals surface area contributed by atoms with E-state index in [0.717, 1.165) is 10.8 Å². The van der Waals surface area contributed by atoms with E-state index in [1.54, 1.807) is 24.3 Å². The van der Waals surface area contributed by atoms with E-state index in [4.69, 9.17) is 11.5 Å². The lowest BCUT2D eigenvalue weighted by Crippen LogP contribution is -2.58. The van der Waals surface area contributed by atoms with Crippen LogP contribution in [0.4, 0.5) is 12.9 Å². The molecule has 4 aromatic carbocycles. The molecule has 0 radical (unpaired) electrons. The van der Waals surface area contributed by atoms with Gasteiger partial charge in [-0.15, -0.1) is 5.10 Å². The molecule has 5 aromatic rings. The summed E-state index contributed by atoms with van der Waals surface area (Å²) in [6.45, 7) is -5.45. The van der Waals surface area contributed by atoms with E-state index < -0.39 is 79.6 Å². The molecule has 10 N–H and O–H groups in total. The summed E-state index contributed by atoms with van der Waals surface area (Å²) in [7, 11) is 4.30. The van der Waals surface area contributed by atoms with Crippen molar-refractivity contribution in [1.29, 1.82) is 0 Å². The number of nitrogens with two attached hydrogens (primary N) is 2. The lowest BCUT2D eigenvalue weighted by atomic mass is 9.90. The molecule has 1 saturated heterocycles. The highest BCUT2D eigenvalue weighted by Crippen LogP contribution is 2.23. The van der Waals surface area contributed by atoms with Gasteiger partial charge in [0.25, 0.3) is 5.91 Å². The van der Waals surface area contributed by atoms with Crippen LogP contribution in [0, 0.1) is 3.57 Å². The Bertz CT molecular complexity index is 2870. The summed E-state index contributed by atoms with van der Waals surface area (Å²) in [6.07, 6.45) is 0.824. The number of hydrogen-bond donors (Lipinski definition) is 8. The quantitative estimate of drug-likeness (QED) is 0.0157. The van der Waals surface area contributed by atoms with Crippen molar-refractivity contribution in [3.63, 3.8) is 0 Å². The Labute approximate surface area is 439 Å². The fourth-order valence-corrected chi connectivity index (χ4v) is 9.18. The summed E-state index contributed by atoms with van der Waals surface area (Å²) >= 11 is 1.93. The second kappa shape index (κ2) is 25.1. The number of phenolic OH excluding ortho intramolecular Hbond substituents is 1. The Balaban J connectivity index is 1.22. The Morgan fingerprint density at radius 2 is 1.53 bits per heavy atom. The van der Waals surface area contributed by atoms with Gasteiger partial charge >= 0.3 is 6.98 Å². The number of carbonyl (C=O) groups is 6. The molecule has 1 fully saturated rings. The molecule has 6 amide bonds. The van der Waals surface area contributed by atoms with E-state index in [9.17, 15) is 46.8 Å². The number of guanidine groups is 1. The van der Waals surface area contributed by atoms with Gasteiger partial charge in [0.1, 0.15) is 42.2 Å². The number of benzene rings is 4. The normalized spacial score (nSPS) is 18.4. The number of hydrogen-bond acceptors (Lipinski definition) is 10. The van der Waals surface area contributed by atoms with Crippen LogP contribution >= 0.6 is 22.6 Å². The molecule has 74 heavy (non-hydrogen) atoms. The molecule has 0 bridgehead atoms. The number of carbonyl (C=O) groups excluding carboxylic acids is 6. The van der Waals surface area contributed by atoms with Crippen LogP contribution < -0.4 is 38.1 Å². The summed E-state index contributed by atoms with van der Waals surface area (Å²) in [4.78, 5) is 89.7. The maximum absolute atomic E-state index is 14.6. The molecule has 1 aliphatic heterocycles. The van der Waals surface area contributed by atoms with Gasteiger partial charge in [-0.3, -0.25) is 33.8 Å². The van der Waals surface area contributed by atoms with Crippen LogP contribution in [-0.2, 0) is 43.4 Å². The average molecular weight is 1140 g/mol. The number of quaternary nitrogens is 1. The van der Waals surface area contributed by atoms with Crippen LogP contribution in [0.25, 0.3) is 16.5 Å². The summed E-state index contributed by atoms with van der Waals surface area (Å²) in [5.41, 5.74) is 13.5. The van der Waals surface area contributed by atoms with Gasteiger partial charge in [0, 0.05) is 38.5 Å². The van der Waals surface area contributed by atoms with Crippen molar-refractivity contribution in [1.82, 2.24) is 46.5 Å². The number of halogens is 4. The predicted octanol–water partition coefficient (Wildman–Crippen LogP) is 2.15. The largest absolute Gasteiger partial charge is 0.531 e. The number of fused-ring (bicyclic) bond motifs is 1. The number of nitrogens with zero attached hydrogens (tertiary/aromatic N) is 6. The van der Waals surface area contributed by atoms with Gasteiger partial charge in [0.05, 0.1) is 42.5 Å². The van der Waals surface area contributed by atoms with Crippen molar-refractivity contribution in [3.8, 4) is 11.4 Å². The molecule has 0 saturated carbocycles. The molecule has 2 heterocycles. The van der Waals surface area contributed by atoms with Crippen LogP contribution in [-0.4, -0.2) is 149 Å². The van der Waals surface area contributed by atoms with Gasteiger partial charge in [-0.25, -0.2) is 4.68 Å². The lowest BCUT2D eigenvalue weighted by Gasteiger charge is -2.33. The summed E-state index contributed by atoms with van der Waals surface area (Å²) < 4.78 is 41.0. The predicted molar refractivity (Wildman–Crippen MR) is 280 cm³/mol. The zero-order valence-electron chi connectivity index (χ0n) is 41.1. The maximum Gasteiger partial charge on any atom is 0.531 e. The van der Waals surface area contributed by atoms with E-state index in [1.807, 2.05) is 65.1 Å². The number of amides is 6. The number of aliphatic imine (C=N–C) groups is 1. The molecule has 0 aliphatic carbocycles. The number of nitrogens with one attached hydrogen (secondary N) is 5. The van der Waals surface area contributed by atoms with Crippen LogP contribution in [0.2, 0.25) is 0 Å². The number of rotatable bonds is 18. The van der Waals surface area contributed by atoms with Crippen molar-refractivity contribution in [3.05, 3.63) is 117 Å². The highest BCUT2D eigenvalue weighted by atomic mass is 127. The molecule has 20 nitrogen and oxygen atoms in total. The molecule has 1 aromatic heterocycles. The van der Waals surface area contributed by atoms with E-state index in [2.05, 4.69) is 41.9 Å². The zero-order chi connectivity index (χ0) is 53.7. The molecule has 0 unspecified atom stereocenters. The third kappa shape index (κ3) is 16.4. The van der Waals surface area contributed by atoms with E-state index in [-0.39, 0.29) is 79.9 Å². The molecule has 1 aliphatic rings. The topological polar surface area (TPSA) is 281 Å². The van der Waals surface area contributed by atoms with Crippen LogP contribution in [0.15, 0.2) is 96.1 Å². The number of aromatic hydroxyl groups is 1. The monoisotopic (exact) mass is 1140 g/mol. The minimum atomic E-state index is -5.02. The summed E-state index contributed by atoms with van der Waals surface area (Å²) in [5, 5.41) is 33.9. The lowest BCUT2D eigenvalue weighted by molar-refractivity contribution is -0.895. The standard InChI is InChI=1S/C49H60BF3IN13O7/c1-65-41(11-7-20-57-44(70)33-15-17-36(18-16-33)66-27-35(63-64-66)28-67(2,3)29-50(51,52)53)47(73)61-38(10-6-21-58-49(55)56)46(72)62-39(24-30-12-14-32-8-4-5-9-34(32)22-30)45(71)59-26-43(69)60-40(48(65)74)25-31-13-19-42(68)37(54)23-31/h4-5,8-9,12-19,22-23,27,38-41,68H,6-7,10-11,20-21,24-26,28-29H2,1-3H3,(H,57,70)(H,59,71)(H,60,69)(H,61,73)(H,62,72)(H4,55,56,58)/t38-,39-,40+,41+/m0/s1. The summed E-state index contributed by atoms with van der Waals surface area (Å²) in [6, 6.07) is 19.2. The van der Waals surface area contributed by atoms with Crippen LogP contribution in [0.5, 0.6) is 5.75 Å². The second-order valence-electron chi connectivity index (χ2n) is 18.8. The average Bonchev–Trinajstić information content (AvgIpc) is 3.80. The first kappa shape index (κ1) is 56.0. The van der Waals surface area contributed by atoms with E-state index in [1.165, 1.54) is 55.1 Å². The Morgan fingerprint density at radius 1 is 0.851 bits per heavy atom. The fraction of sp³-hybridized carbons (Fsp3) is 0.367. The smallest absolute Gasteiger partial charge is 0.507 e. The second-order valence-corrected chi connectivity index (χ2v) is 20.0. The number of aromatic nitrogens is 3. The fourth-order valence-electron chi connectivity index (χ4n) is 8.60. The van der Waals surface area contributed by atoms with Crippen LogP contribution in [0.1, 0.15) is 52.9 Å². The minimum absolute atomic E-state index is 0.00509. The maximum atomic E-state index is 14.6. The molecule has 25 heteroatoms. The minimum Gasteiger partial charge on any atom is -0.507 e. The summed E-state index contributed by atoms with van der Waals surface area (Å²) in [5.74, 6) is -4.19. The van der Waals surface area contributed by atoms with E-state index in [0.29, 0.717) is 26.1 Å². The van der Waals surface area contributed by atoms with E-state index >= 15 is 0 Å². The molecule has 4 atom stereocenters. The van der Waals surface area contributed by atoms with Crippen molar-refractivity contribution in [2.45, 2.75) is 69.2 Å². The Kier molecular flexibility index (Phi) is 19.0. The molecule has 394 valence electrons. The van der Waals surface area contributed by atoms with Crippen LogP contribution in [0.3, 0.4) is 0 Å². The number of phenols is 1. The molecule has 6 rings (SSSR count). The third-order valence-electron chi connectivity index (χ3n) is 12.3. The van der Waals surface area contributed by atoms with Gasteiger partial charge in [0.2, 0.25) is 29.5 Å². The van der Waals surface area contributed by atoms with Crippen molar-refractivity contribution in [2.75, 3.05) is 47.2 Å². The number of likely N-dealkylation sites (N-methyl/N-ethyl adjacent to an activating group) is 1. The van der Waals surface area contributed by atoms with Gasteiger partial charge in [-0.05, 0) is 107 Å². The molecular formula is C49H60BF3IN13O7. The molecular weight excluding hydrogens is 1080 g/mol. The van der Waals surface area contributed by atoms with Crippen molar-refractivity contribution >= 4 is 81.7 Å². The first-order valence-electron chi connectivity index (χ1n) is 23.8. The zero-order valence-corrected chi connectivity index (χ0v) is 43.2. The Hall–Kier alpha value is -7.29. The van der Waals surface area contributed by atoms with Gasteiger partial charge < -0.3 is 65.5 Å². The highest BCUT2D eigenvalue weighted by molar-refractivity contribution is 14.1. The van der Waals surface area contributed by atoms with Gasteiger partial charge in [-0.2, -0.15) is 0 Å². The first-order chi connectivity index (χ1) is 35.0. The third-order valence-corrected chi connectivity index (χ3v) is 13.1. The van der Waals surface area contributed by atoms with Gasteiger partial charge in [0.15, 0.2) is 5.96 Å². The van der Waals surface area contributed by atoms with Crippen molar-refractivity contribution < 1.29 is 51.3 Å². The first-order valence-corrected chi connectivity index (χ1v) is 24.9. The Morgan fingerprint density at radius 3 is 2.23 bits per heavy atom. The SMILES string of the molecule is CN1C(=O)[C@@H](Cc2ccc(O)c(I)c2)NC(=O)CNC(=O)[C@H](Cc2ccc3ccccc3c2)NC(=O)[C@H](CCCN=C(N)N)NC(=O)[C@H]1CCCNC(=O)c1ccc(-n2cc(C[N+](C)(C)C[B-](F)(F)F)nn2)cc1.